The maximum atomic E-state index is 14.9. The summed E-state index contributed by atoms with van der Waals surface area (Å²) in [4.78, 5) is 52.1. The predicted octanol–water partition coefficient (Wildman–Crippen LogP) is 3.11. The summed E-state index contributed by atoms with van der Waals surface area (Å²) >= 11 is 0. The SMILES string of the molecule is C=CCN(CCN1CCOCC1)C(=O)C1N([C@@H](CO)[C@@H](C)CC)C(=O)[C@@H]2[C@H](C(=O)N(CC=C)Cc3ccccc3)[C@]3(CC)CCC12O3. The molecule has 258 valence electrons. The number of amides is 3. The highest BCUT2D eigenvalue weighted by Gasteiger charge is 2.79. The second kappa shape index (κ2) is 15.0. The standard InChI is InChI=1S/C37H54N4O6/c1-6-17-39(20-19-38-21-23-46-24-22-38)35(45)32-37-16-15-36(9-4,47-37)30(31(37)34(44)41(32)29(26-42)27(5)8-3)33(43)40(18-7-2)25-28-13-11-10-12-14-28/h6-7,10-14,27,29-32,42H,1-2,8-9,15-26H2,3-5H3/t27-,29-,30+,31-,32?,36-,37?/m0/s1. The molecule has 0 radical (unpaired) electrons. The molecular weight excluding hydrogens is 596 g/mol. The molecule has 1 aromatic carbocycles. The van der Waals surface area contributed by atoms with Crippen LogP contribution in [0.5, 0.6) is 0 Å². The van der Waals surface area contributed by atoms with Gasteiger partial charge in [0, 0.05) is 45.8 Å². The average Bonchev–Trinajstić information content (AvgIpc) is 3.70. The average molecular weight is 651 g/mol. The van der Waals surface area contributed by atoms with E-state index in [2.05, 4.69) is 18.1 Å². The van der Waals surface area contributed by atoms with Crippen molar-refractivity contribution in [2.45, 2.75) is 76.3 Å². The van der Waals surface area contributed by atoms with Crippen molar-refractivity contribution in [1.82, 2.24) is 19.6 Å². The zero-order valence-electron chi connectivity index (χ0n) is 28.5. The number of aliphatic hydroxyl groups excluding tert-OH is 1. The lowest BCUT2D eigenvalue weighted by Gasteiger charge is -2.41. The van der Waals surface area contributed by atoms with Crippen molar-refractivity contribution in [3.05, 3.63) is 61.2 Å². The summed E-state index contributed by atoms with van der Waals surface area (Å²) < 4.78 is 12.6. The number of benzene rings is 1. The number of nitrogens with zero attached hydrogens (tertiary/aromatic N) is 4. The van der Waals surface area contributed by atoms with Crippen molar-refractivity contribution in [2.75, 3.05) is 59.1 Å². The lowest BCUT2D eigenvalue weighted by molar-refractivity contribution is -0.159. The molecule has 10 nitrogen and oxygen atoms in total. The van der Waals surface area contributed by atoms with Gasteiger partial charge in [-0.05, 0) is 30.7 Å². The fourth-order valence-electron chi connectivity index (χ4n) is 8.58. The molecule has 2 bridgehead atoms. The van der Waals surface area contributed by atoms with Crippen LogP contribution in [-0.4, -0.2) is 125 Å². The first-order chi connectivity index (χ1) is 22.7. The van der Waals surface area contributed by atoms with Crippen LogP contribution in [0.4, 0.5) is 0 Å². The third-order valence-electron chi connectivity index (χ3n) is 11.3. The minimum Gasteiger partial charge on any atom is -0.394 e. The number of hydrogen-bond acceptors (Lipinski definition) is 7. The molecule has 0 saturated carbocycles. The van der Waals surface area contributed by atoms with Crippen LogP contribution < -0.4 is 0 Å². The zero-order valence-corrected chi connectivity index (χ0v) is 28.5. The highest BCUT2D eigenvalue weighted by molar-refractivity contribution is 5.99. The van der Waals surface area contributed by atoms with Crippen molar-refractivity contribution in [1.29, 1.82) is 0 Å². The van der Waals surface area contributed by atoms with Crippen molar-refractivity contribution >= 4 is 17.7 Å². The van der Waals surface area contributed by atoms with Gasteiger partial charge in [-0.3, -0.25) is 19.3 Å². The van der Waals surface area contributed by atoms with Crippen LogP contribution in [-0.2, 0) is 30.4 Å². The fraction of sp³-hybridized carbons (Fsp3) is 0.649. The van der Waals surface area contributed by atoms with Gasteiger partial charge < -0.3 is 29.3 Å². The third-order valence-corrected chi connectivity index (χ3v) is 11.3. The van der Waals surface area contributed by atoms with Crippen LogP contribution in [0.2, 0.25) is 0 Å². The Balaban J connectivity index is 1.55. The fourth-order valence-corrected chi connectivity index (χ4v) is 8.58. The van der Waals surface area contributed by atoms with E-state index in [0.29, 0.717) is 71.6 Å². The van der Waals surface area contributed by atoms with Gasteiger partial charge in [-0.25, -0.2) is 0 Å². The van der Waals surface area contributed by atoms with Crippen LogP contribution in [0.15, 0.2) is 55.6 Å². The van der Waals surface area contributed by atoms with Gasteiger partial charge in [0.25, 0.3) is 0 Å². The molecule has 4 heterocycles. The molecule has 2 unspecified atom stereocenters. The molecule has 5 rings (SSSR count). The maximum Gasteiger partial charge on any atom is 0.248 e. The Hall–Kier alpha value is -3.05. The molecule has 47 heavy (non-hydrogen) atoms. The van der Waals surface area contributed by atoms with Gasteiger partial charge in [0.05, 0.1) is 43.3 Å². The molecular formula is C37H54N4O6. The van der Waals surface area contributed by atoms with Crippen LogP contribution in [0.25, 0.3) is 0 Å². The van der Waals surface area contributed by atoms with Crippen LogP contribution in [0.3, 0.4) is 0 Å². The Morgan fingerprint density at radius 1 is 1.06 bits per heavy atom. The number of ether oxygens (including phenoxy) is 2. The highest BCUT2D eigenvalue weighted by atomic mass is 16.5. The van der Waals surface area contributed by atoms with Crippen molar-refractivity contribution in [3.63, 3.8) is 0 Å². The summed E-state index contributed by atoms with van der Waals surface area (Å²) in [5, 5.41) is 10.8. The molecule has 1 N–H and O–H groups in total. The molecule has 0 aromatic heterocycles. The Bertz CT molecular complexity index is 1290. The van der Waals surface area contributed by atoms with Gasteiger partial charge in [0.2, 0.25) is 17.7 Å². The molecule has 1 aromatic rings. The van der Waals surface area contributed by atoms with E-state index in [4.69, 9.17) is 9.47 Å². The first-order valence-electron chi connectivity index (χ1n) is 17.5. The topological polar surface area (TPSA) is 103 Å². The first-order valence-corrected chi connectivity index (χ1v) is 17.5. The summed E-state index contributed by atoms with van der Waals surface area (Å²) in [5.41, 5.74) is -1.05. The summed E-state index contributed by atoms with van der Waals surface area (Å²) in [6.07, 6.45) is 5.77. The van der Waals surface area contributed by atoms with Gasteiger partial charge in [0.1, 0.15) is 11.6 Å². The second-order valence-electron chi connectivity index (χ2n) is 13.7. The number of morpholine rings is 1. The van der Waals surface area contributed by atoms with Gasteiger partial charge in [-0.15, -0.1) is 13.2 Å². The van der Waals surface area contributed by atoms with Crippen molar-refractivity contribution in [2.24, 2.45) is 17.8 Å². The monoisotopic (exact) mass is 650 g/mol. The van der Waals surface area contributed by atoms with E-state index in [1.165, 1.54) is 0 Å². The number of likely N-dealkylation sites (tertiary alicyclic amines) is 1. The molecule has 4 saturated heterocycles. The third kappa shape index (κ3) is 6.42. The van der Waals surface area contributed by atoms with Crippen molar-refractivity contribution in [3.8, 4) is 0 Å². The first kappa shape index (κ1) is 35.3. The van der Waals surface area contributed by atoms with Gasteiger partial charge in [0.15, 0.2) is 0 Å². The van der Waals surface area contributed by atoms with Gasteiger partial charge in [-0.2, -0.15) is 0 Å². The van der Waals surface area contributed by atoms with Gasteiger partial charge in [-0.1, -0.05) is 69.7 Å². The number of carbonyl (C=O) groups excluding carboxylic acids is 3. The molecule has 0 aliphatic carbocycles. The summed E-state index contributed by atoms with van der Waals surface area (Å²) in [7, 11) is 0. The highest BCUT2D eigenvalue weighted by Crippen LogP contribution is 2.65. The largest absolute Gasteiger partial charge is 0.394 e. The van der Waals surface area contributed by atoms with Crippen LogP contribution in [0, 0.1) is 17.8 Å². The Labute approximate surface area is 280 Å². The van der Waals surface area contributed by atoms with E-state index < -0.39 is 35.1 Å². The quantitative estimate of drug-likeness (QED) is 0.275. The van der Waals surface area contributed by atoms with E-state index in [9.17, 15) is 19.5 Å². The summed E-state index contributed by atoms with van der Waals surface area (Å²) in [6.45, 7) is 18.7. The van der Waals surface area contributed by atoms with E-state index in [1.54, 1.807) is 26.9 Å². The zero-order chi connectivity index (χ0) is 33.8. The summed E-state index contributed by atoms with van der Waals surface area (Å²) in [5.74, 6) is -2.27. The molecule has 3 amide bonds. The van der Waals surface area contributed by atoms with Crippen molar-refractivity contribution < 1.29 is 29.0 Å². The Kier molecular flexibility index (Phi) is 11.3. The Morgan fingerprint density at radius 3 is 2.36 bits per heavy atom. The van der Waals surface area contributed by atoms with E-state index in [0.717, 1.165) is 18.7 Å². The molecule has 4 fully saturated rings. The number of fused-ring (bicyclic) bond motifs is 1. The van der Waals surface area contributed by atoms with Crippen LogP contribution in [0.1, 0.15) is 52.0 Å². The lowest BCUT2D eigenvalue weighted by atomic mass is 9.64. The van der Waals surface area contributed by atoms with E-state index in [1.807, 2.05) is 51.1 Å². The van der Waals surface area contributed by atoms with Crippen LogP contribution >= 0.6 is 0 Å². The minimum atomic E-state index is -1.17. The van der Waals surface area contributed by atoms with Gasteiger partial charge >= 0.3 is 0 Å². The minimum absolute atomic E-state index is 0.0717. The smallest absolute Gasteiger partial charge is 0.248 e. The molecule has 4 aliphatic heterocycles. The van der Waals surface area contributed by atoms with E-state index >= 15 is 0 Å². The predicted molar refractivity (Wildman–Crippen MR) is 180 cm³/mol. The molecule has 10 heteroatoms. The molecule has 4 aliphatic rings. The number of carbonyl (C=O) groups is 3. The number of hydrogen-bond donors (Lipinski definition) is 1. The lowest BCUT2D eigenvalue weighted by Crippen LogP contribution is -2.60. The maximum absolute atomic E-state index is 14.9. The summed E-state index contributed by atoms with van der Waals surface area (Å²) in [6, 6.07) is 8.26. The molecule has 7 atom stereocenters. The number of aliphatic hydroxyl groups is 1. The number of rotatable bonds is 16. The Morgan fingerprint density at radius 2 is 1.74 bits per heavy atom. The molecule has 1 spiro atoms. The van der Waals surface area contributed by atoms with E-state index in [-0.39, 0.29) is 30.2 Å². The second-order valence-corrected chi connectivity index (χ2v) is 13.7. The normalized spacial score (nSPS) is 29.7.